The fourth-order valence-corrected chi connectivity index (χ4v) is 3.92. The van der Waals surface area contributed by atoms with E-state index < -0.39 is 11.6 Å². The number of phenolic OH excluding ortho intramolecular Hbond substituents is 1. The minimum absolute atomic E-state index is 0.215. The lowest BCUT2D eigenvalue weighted by Crippen LogP contribution is -2.07. The minimum Gasteiger partial charge on any atom is -0.508 e. The van der Waals surface area contributed by atoms with Crippen LogP contribution < -0.4 is 5.32 Å². The van der Waals surface area contributed by atoms with Crippen LogP contribution >= 0.6 is 0 Å². The summed E-state index contributed by atoms with van der Waals surface area (Å²) in [6.07, 6.45) is 0.927. The summed E-state index contributed by atoms with van der Waals surface area (Å²) in [5, 5.41) is 13.6. The Bertz CT molecular complexity index is 1230. The molecule has 0 aliphatic heterocycles. The molecule has 2 N–H and O–H groups in total. The van der Waals surface area contributed by atoms with Gasteiger partial charge < -0.3 is 15.0 Å². The standard InChI is InChI=1S/C19H19NO2.C8H9F2N/c1-13(2)19-17(12-21)16-9-8-15(22)10-18(16)20(19)11-14-6-4-3-5-7-14;1-11-5-6-2-3-7(9)8(10)4-6/h3-10,12-13,22H,11H2,1-2H3;2-4,11H,5H2,1H3. The molecule has 1 heterocycles. The summed E-state index contributed by atoms with van der Waals surface area (Å²) in [7, 11) is 1.75. The Morgan fingerprint density at radius 2 is 1.70 bits per heavy atom. The topological polar surface area (TPSA) is 54.3 Å². The molecule has 0 spiro atoms. The zero-order valence-electron chi connectivity index (χ0n) is 19.0. The van der Waals surface area contributed by atoms with Crippen molar-refractivity contribution in [2.75, 3.05) is 7.05 Å². The van der Waals surface area contributed by atoms with Crippen LogP contribution in [0.3, 0.4) is 0 Å². The average Bonchev–Trinajstić information content (AvgIpc) is 3.10. The zero-order valence-corrected chi connectivity index (χ0v) is 19.0. The molecule has 0 aliphatic carbocycles. The van der Waals surface area contributed by atoms with Gasteiger partial charge in [-0.15, -0.1) is 0 Å². The van der Waals surface area contributed by atoms with Crippen LogP contribution in [0.4, 0.5) is 8.78 Å². The van der Waals surface area contributed by atoms with Gasteiger partial charge in [0, 0.05) is 35.8 Å². The van der Waals surface area contributed by atoms with E-state index in [1.54, 1.807) is 25.2 Å². The maximum Gasteiger partial charge on any atom is 0.159 e. The van der Waals surface area contributed by atoms with E-state index in [-0.39, 0.29) is 11.7 Å². The van der Waals surface area contributed by atoms with Gasteiger partial charge in [-0.1, -0.05) is 50.2 Å². The van der Waals surface area contributed by atoms with Crippen LogP contribution in [0.15, 0.2) is 66.7 Å². The highest BCUT2D eigenvalue weighted by molar-refractivity contribution is 6.00. The minimum atomic E-state index is -0.801. The molecular weight excluding hydrogens is 422 g/mol. The van der Waals surface area contributed by atoms with Crippen molar-refractivity contribution in [3.05, 3.63) is 101 Å². The number of benzene rings is 3. The van der Waals surface area contributed by atoms with Crippen molar-refractivity contribution in [2.45, 2.75) is 32.9 Å². The highest BCUT2D eigenvalue weighted by Crippen LogP contribution is 2.32. The first-order chi connectivity index (χ1) is 15.8. The Morgan fingerprint density at radius 3 is 2.30 bits per heavy atom. The molecule has 3 aromatic carbocycles. The molecule has 0 saturated heterocycles. The van der Waals surface area contributed by atoms with Gasteiger partial charge in [0.05, 0.1) is 5.52 Å². The average molecular weight is 451 g/mol. The Hall–Kier alpha value is -3.51. The van der Waals surface area contributed by atoms with Crippen LogP contribution in [0.2, 0.25) is 0 Å². The van der Waals surface area contributed by atoms with E-state index in [0.29, 0.717) is 13.1 Å². The van der Waals surface area contributed by atoms with Gasteiger partial charge in [0.25, 0.3) is 0 Å². The van der Waals surface area contributed by atoms with E-state index in [9.17, 15) is 18.7 Å². The number of aldehydes is 1. The molecule has 4 nitrogen and oxygen atoms in total. The number of hydrogen-bond acceptors (Lipinski definition) is 3. The van der Waals surface area contributed by atoms with Crippen LogP contribution in [0.1, 0.15) is 46.9 Å². The normalized spacial score (nSPS) is 10.8. The number of fused-ring (bicyclic) bond motifs is 1. The smallest absolute Gasteiger partial charge is 0.159 e. The van der Waals surface area contributed by atoms with Crippen LogP contribution in [-0.2, 0) is 13.1 Å². The van der Waals surface area contributed by atoms with E-state index >= 15 is 0 Å². The second-order valence-corrected chi connectivity index (χ2v) is 8.12. The maximum absolute atomic E-state index is 12.5. The van der Waals surface area contributed by atoms with Crippen LogP contribution in [-0.4, -0.2) is 23.0 Å². The van der Waals surface area contributed by atoms with Gasteiger partial charge in [0.2, 0.25) is 0 Å². The fraction of sp³-hybridized carbons (Fsp3) is 0.222. The van der Waals surface area contributed by atoms with Crippen molar-refractivity contribution in [1.82, 2.24) is 9.88 Å². The monoisotopic (exact) mass is 450 g/mol. The number of nitrogens with zero attached hydrogens (tertiary/aromatic N) is 1. The van der Waals surface area contributed by atoms with Crippen molar-refractivity contribution in [3.8, 4) is 5.75 Å². The number of hydrogen-bond donors (Lipinski definition) is 2. The number of aromatic hydroxyl groups is 1. The highest BCUT2D eigenvalue weighted by Gasteiger charge is 2.19. The molecule has 0 aliphatic rings. The van der Waals surface area contributed by atoms with Gasteiger partial charge in [-0.2, -0.15) is 0 Å². The number of nitrogens with one attached hydrogen (secondary N) is 1. The summed E-state index contributed by atoms with van der Waals surface area (Å²) in [5.41, 5.74) is 4.54. The third-order valence-corrected chi connectivity index (χ3v) is 5.34. The number of carbonyl (C=O) groups excluding carboxylic acids is 1. The van der Waals surface area contributed by atoms with Gasteiger partial charge >= 0.3 is 0 Å². The van der Waals surface area contributed by atoms with E-state index in [0.717, 1.165) is 40.1 Å². The molecule has 33 heavy (non-hydrogen) atoms. The Labute approximate surface area is 192 Å². The molecule has 0 bridgehead atoms. The van der Waals surface area contributed by atoms with E-state index in [2.05, 4.69) is 35.9 Å². The van der Waals surface area contributed by atoms with Crippen LogP contribution in [0, 0.1) is 11.6 Å². The zero-order chi connectivity index (χ0) is 24.0. The van der Waals surface area contributed by atoms with Crippen molar-refractivity contribution >= 4 is 17.2 Å². The molecule has 172 valence electrons. The summed E-state index contributed by atoms with van der Waals surface area (Å²) >= 11 is 0. The summed E-state index contributed by atoms with van der Waals surface area (Å²) in [6, 6.07) is 19.2. The number of carbonyl (C=O) groups is 1. The molecule has 1 aromatic heterocycles. The SMILES string of the molecule is CC(C)c1c(C=O)c2ccc(O)cc2n1Cc1ccccc1.CNCc1ccc(F)c(F)c1. The van der Waals surface area contributed by atoms with Gasteiger partial charge in [-0.25, -0.2) is 8.78 Å². The molecule has 4 aromatic rings. The molecule has 0 amide bonds. The highest BCUT2D eigenvalue weighted by atomic mass is 19.2. The lowest BCUT2D eigenvalue weighted by Gasteiger charge is -2.14. The molecule has 0 fully saturated rings. The molecule has 6 heteroatoms. The summed E-state index contributed by atoms with van der Waals surface area (Å²) < 4.78 is 27.0. The number of halogens is 2. The van der Waals surface area contributed by atoms with Gasteiger partial charge in [-0.3, -0.25) is 4.79 Å². The van der Waals surface area contributed by atoms with Crippen molar-refractivity contribution in [2.24, 2.45) is 0 Å². The summed E-state index contributed by atoms with van der Waals surface area (Å²) in [5.74, 6) is -1.16. The van der Waals surface area contributed by atoms with Crippen LogP contribution in [0.25, 0.3) is 10.9 Å². The number of rotatable bonds is 6. The van der Waals surface area contributed by atoms with E-state index in [1.807, 2.05) is 24.3 Å². The molecule has 0 saturated carbocycles. The lowest BCUT2D eigenvalue weighted by molar-refractivity contribution is 0.112. The number of phenols is 1. The Balaban J connectivity index is 0.000000235. The molecule has 0 atom stereocenters. The first kappa shape index (κ1) is 24.1. The van der Waals surface area contributed by atoms with Crippen molar-refractivity contribution < 1.29 is 18.7 Å². The third-order valence-electron chi connectivity index (χ3n) is 5.34. The molecule has 0 radical (unpaired) electrons. The third kappa shape index (κ3) is 5.65. The van der Waals surface area contributed by atoms with Crippen molar-refractivity contribution in [3.63, 3.8) is 0 Å². The van der Waals surface area contributed by atoms with E-state index in [1.165, 1.54) is 11.6 Å². The lowest BCUT2D eigenvalue weighted by atomic mass is 10.0. The second kappa shape index (κ2) is 10.9. The fourth-order valence-electron chi connectivity index (χ4n) is 3.92. The first-order valence-electron chi connectivity index (χ1n) is 10.8. The quantitative estimate of drug-likeness (QED) is 0.354. The molecule has 0 unspecified atom stereocenters. The van der Waals surface area contributed by atoms with Gasteiger partial charge in [0.1, 0.15) is 5.75 Å². The second-order valence-electron chi connectivity index (χ2n) is 8.12. The van der Waals surface area contributed by atoms with E-state index in [4.69, 9.17) is 0 Å². The Kier molecular flexibility index (Phi) is 7.96. The Morgan fingerprint density at radius 1 is 0.970 bits per heavy atom. The van der Waals surface area contributed by atoms with Crippen molar-refractivity contribution in [1.29, 1.82) is 0 Å². The first-order valence-corrected chi connectivity index (χ1v) is 10.8. The molecular formula is C27H28F2N2O2. The largest absolute Gasteiger partial charge is 0.508 e. The van der Waals surface area contributed by atoms with Gasteiger partial charge in [0.15, 0.2) is 17.9 Å². The predicted molar refractivity (Wildman–Crippen MR) is 128 cm³/mol. The molecule has 4 rings (SSSR count). The predicted octanol–water partition coefficient (Wildman–Crippen LogP) is 6.02. The number of aromatic nitrogens is 1. The summed E-state index contributed by atoms with van der Waals surface area (Å²) in [6.45, 7) is 5.41. The van der Waals surface area contributed by atoms with Gasteiger partial charge in [-0.05, 0) is 48.4 Å². The summed E-state index contributed by atoms with van der Waals surface area (Å²) in [4.78, 5) is 11.6. The maximum atomic E-state index is 12.5. The van der Waals surface area contributed by atoms with Crippen LogP contribution in [0.5, 0.6) is 5.75 Å².